The van der Waals surface area contributed by atoms with Crippen LogP contribution >= 0.6 is 0 Å². The molecule has 1 nitrogen and oxygen atoms in total. The van der Waals surface area contributed by atoms with Gasteiger partial charge in [-0.1, -0.05) is 56.2 Å². The highest BCUT2D eigenvalue weighted by Crippen LogP contribution is 2.38. The van der Waals surface area contributed by atoms with E-state index in [1.54, 1.807) is 12.1 Å². The summed E-state index contributed by atoms with van der Waals surface area (Å²) in [5.41, 5.74) is 1.54. The van der Waals surface area contributed by atoms with E-state index in [0.717, 1.165) is 24.8 Å². The fourth-order valence-corrected chi connectivity index (χ4v) is 5.18. The van der Waals surface area contributed by atoms with Crippen LogP contribution in [0.25, 0.3) is 11.1 Å². The van der Waals surface area contributed by atoms with Crippen LogP contribution in [-0.2, 0) is 6.42 Å². The highest BCUT2D eigenvalue weighted by atomic mass is 19.3. The van der Waals surface area contributed by atoms with Gasteiger partial charge in [-0.25, -0.2) is 17.6 Å². The van der Waals surface area contributed by atoms with Crippen molar-refractivity contribution in [1.82, 2.24) is 0 Å². The van der Waals surface area contributed by atoms with Gasteiger partial charge < -0.3 is 4.74 Å². The van der Waals surface area contributed by atoms with Crippen LogP contribution < -0.4 is 4.74 Å². The van der Waals surface area contributed by atoms with Crippen molar-refractivity contribution < 1.29 is 31.1 Å². The molecule has 0 radical (unpaired) electrons. The van der Waals surface area contributed by atoms with Gasteiger partial charge in [0.1, 0.15) is 5.75 Å². The third-order valence-corrected chi connectivity index (χ3v) is 7.24. The molecule has 0 N–H and O–H groups in total. The Morgan fingerprint density at radius 1 is 0.811 bits per heavy atom. The first kappa shape index (κ1) is 27.1. The highest BCUT2D eigenvalue weighted by Gasteiger charge is 2.32. The van der Waals surface area contributed by atoms with Gasteiger partial charge in [0.05, 0.1) is 6.42 Å². The highest BCUT2D eigenvalue weighted by molar-refractivity contribution is 5.65. The maximum atomic E-state index is 14.9. The number of aryl methyl sites for hydroxylation is 1. The van der Waals surface area contributed by atoms with E-state index in [1.165, 1.54) is 43.4 Å². The van der Waals surface area contributed by atoms with Crippen LogP contribution in [0.15, 0.2) is 54.6 Å². The Balaban J connectivity index is 1.40. The van der Waals surface area contributed by atoms with Crippen LogP contribution in [0, 0.1) is 29.2 Å². The zero-order valence-corrected chi connectivity index (χ0v) is 20.7. The van der Waals surface area contributed by atoms with Gasteiger partial charge in [0.2, 0.25) is 0 Å². The number of alkyl halides is 2. The molecular weight excluding hydrogens is 490 g/mol. The lowest BCUT2D eigenvalue weighted by molar-refractivity contribution is -0.180. The van der Waals surface area contributed by atoms with E-state index in [-0.39, 0.29) is 11.1 Å². The molecule has 198 valence electrons. The average Bonchev–Trinajstić information content (AvgIpc) is 2.88. The number of hydrogen-bond acceptors (Lipinski definition) is 1. The van der Waals surface area contributed by atoms with Gasteiger partial charge in [0.25, 0.3) is 0 Å². The van der Waals surface area contributed by atoms with Gasteiger partial charge in [0, 0.05) is 11.6 Å². The molecule has 1 fully saturated rings. The predicted octanol–water partition coefficient (Wildman–Crippen LogP) is 9.59. The summed E-state index contributed by atoms with van der Waals surface area (Å²) >= 11 is 0. The first-order valence-corrected chi connectivity index (χ1v) is 12.8. The van der Waals surface area contributed by atoms with E-state index in [1.807, 2.05) is 12.1 Å². The van der Waals surface area contributed by atoms with Crippen molar-refractivity contribution in [2.75, 3.05) is 0 Å². The van der Waals surface area contributed by atoms with Crippen LogP contribution in [0.3, 0.4) is 0 Å². The molecule has 0 aliphatic heterocycles. The number of halogens is 6. The molecule has 0 saturated heterocycles. The van der Waals surface area contributed by atoms with Crippen molar-refractivity contribution in [3.63, 3.8) is 0 Å². The van der Waals surface area contributed by atoms with Gasteiger partial charge in [-0.2, -0.15) is 8.78 Å². The van der Waals surface area contributed by atoms with Crippen molar-refractivity contribution in [2.45, 2.75) is 70.3 Å². The third-order valence-electron chi connectivity index (χ3n) is 7.24. The Labute approximate surface area is 213 Å². The first-order chi connectivity index (χ1) is 17.7. The van der Waals surface area contributed by atoms with Gasteiger partial charge in [-0.3, -0.25) is 0 Å². The maximum Gasteiger partial charge on any atom is 0.398 e. The smallest absolute Gasteiger partial charge is 0.398 e. The third kappa shape index (κ3) is 6.68. The van der Waals surface area contributed by atoms with Crippen molar-refractivity contribution in [3.05, 3.63) is 89.0 Å². The summed E-state index contributed by atoms with van der Waals surface area (Å²) in [6.07, 6.45) is 1.88. The minimum atomic E-state index is -3.79. The van der Waals surface area contributed by atoms with Gasteiger partial charge in [-0.05, 0) is 72.8 Å². The summed E-state index contributed by atoms with van der Waals surface area (Å²) < 4.78 is 88.7. The molecule has 0 bridgehead atoms. The summed E-state index contributed by atoms with van der Waals surface area (Å²) in [6.45, 7) is 2.21. The normalized spacial score (nSPS) is 18.1. The van der Waals surface area contributed by atoms with Gasteiger partial charge >= 0.3 is 6.11 Å². The summed E-state index contributed by atoms with van der Waals surface area (Å²) in [4.78, 5) is 0. The minimum Gasteiger partial charge on any atom is -0.432 e. The molecule has 1 aliphatic carbocycles. The summed E-state index contributed by atoms with van der Waals surface area (Å²) in [5, 5.41) is 0. The molecule has 3 aromatic rings. The second kappa shape index (κ2) is 11.6. The van der Waals surface area contributed by atoms with Crippen LogP contribution in [0.1, 0.15) is 68.9 Å². The largest absolute Gasteiger partial charge is 0.432 e. The van der Waals surface area contributed by atoms with Gasteiger partial charge in [-0.15, -0.1) is 0 Å². The molecular formula is C30H30F6O. The number of benzene rings is 3. The summed E-state index contributed by atoms with van der Waals surface area (Å²) in [6, 6.07) is 12.2. The molecule has 0 unspecified atom stereocenters. The van der Waals surface area contributed by atoms with Crippen molar-refractivity contribution >= 4 is 0 Å². The molecule has 0 atom stereocenters. The Morgan fingerprint density at radius 2 is 1.51 bits per heavy atom. The van der Waals surface area contributed by atoms with E-state index >= 15 is 0 Å². The zero-order chi connectivity index (χ0) is 26.6. The van der Waals surface area contributed by atoms with Crippen molar-refractivity contribution in [1.29, 1.82) is 0 Å². The van der Waals surface area contributed by atoms with Crippen LogP contribution in [0.2, 0.25) is 0 Å². The monoisotopic (exact) mass is 520 g/mol. The molecule has 1 aliphatic rings. The van der Waals surface area contributed by atoms with Crippen LogP contribution in [0.4, 0.5) is 26.3 Å². The minimum absolute atomic E-state index is 0.0595. The van der Waals surface area contributed by atoms with Gasteiger partial charge in [0.15, 0.2) is 23.3 Å². The SMILES string of the molecule is CCCC1CCC(c2ccc(-c3ccc(CCC(F)(F)Oc4ccc(F)c(F)c4)c(F)c3F)cc2)CC1. The average molecular weight is 521 g/mol. The Bertz CT molecular complexity index is 1200. The van der Waals surface area contributed by atoms with E-state index in [4.69, 9.17) is 0 Å². The Kier molecular flexibility index (Phi) is 8.50. The van der Waals surface area contributed by atoms with E-state index in [0.29, 0.717) is 23.6 Å². The molecule has 0 heterocycles. The molecule has 7 heteroatoms. The lowest BCUT2D eigenvalue weighted by atomic mass is 9.77. The number of ether oxygens (including phenoxy) is 1. The lowest BCUT2D eigenvalue weighted by Crippen LogP contribution is -2.25. The summed E-state index contributed by atoms with van der Waals surface area (Å²) in [7, 11) is 0. The standard InChI is InChI=1S/C30H30F6O/c1-2-3-19-4-6-20(7-5-19)21-8-10-22(11-9-21)25-14-12-23(28(33)29(25)34)16-17-30(35,36)37-24-13-15-26(31)27(32)18-24/h8-15,18-20H,2-7,16-17H2,1H3. The molecule has 3 aromatic carbocycles. The zero-order valence-electron chi connectivity index (χ0n) is 20.7. The maximum absolute atomic E-state index is 14.9. The predicted molar refractivity (Wildman–Crippen MR) is 132 cm³/mol. The lowest BCUT2D eigenvalue weighted by Gasteiger charge is -2.28. The Hall–Kier alpha value is -2.96. The van der Waals surface area contributed by atoms with E-state index < -0.39 is 48.0 Å². The Morgan fingerprint density at radius 3 is 2.16 bits per heavy atom. The van der Waals surface area contributed by atoms with E-state index in [2.05, 4.69) is 11.7 Å². The molecule has 1 saturated carbocycles. The quantitative estimate of drug-likeness (QED) is 0.255. The fourth-order valence-electron chi connectivity index (χ4n) is 5.18. The molecule has 37 heavy (non-hydrogen) atoms. The molecule has 4 rings (SSSR count). The topological polar surface area (TPSA) is 9.23 Å². The van der Waals surface area contributed by atoms with E-state index in [9.17, 15) is 26.3 Å². The first-order valence-electron chi connectivity index (χ1n) is 12.8. The van der Waals surface area contributed by atoms with Crippen LogP contribution in [-0.4, -0.2) is 6.11 Å². The molecule has 0 aromatic heterocycles. The van der Waals surface area contributed by atoms with Crippen molar-refractivity contribution in [3.8, 4) is 16.9 Å². The number of rotatable bonds is 9. The second-order valence-electron chi connectivity index (χ2n) is 9.84. The van der Waals surface area contributed by atoms with Crippen LogP contribution in [0.5, 0.6) is 5.75 Å². The molecule has 0 amide bonds. The molecule has 0 spiro atoms. The number of hydrogen-bond donors (Lipinski definition) is 0. The fraction of sp³-hybridized carbons (Fsp3) is 0.400. The second-order valence-corrected chi connectivity index (χ2v) is 9.84. The summed E-state index contributed by atoms with van der Waals surface area (Å²) in [5.74, 6) is -4.12. The van der Waals surface area contributed by atoms with Crippen molar-refractivity contribution in [2.24, 2.45) is 5.92 Å².